The first-order valence-corrected chi connectivity index (χ1v) is 4.47. The molecular weight excluding hydrogens is 225 g/mol. The number of hydrogen-bond acceptors (Lipinski definition) is 3. The minimum absolute atomic E-state index is 0.0619. The Morgan fingerprint density at radius 2 is 1.93 bits per heavy atom. The highest BCUT2D eigenvalue weighted by atomic mass is 35.5. The van der Waals surface area contributed by atoms with Gasteiger partial charge in [0.1, 0.15) is 5.69 Å². The zero-order valence-corrected chi connectivity index (χ0v) is 8.26. The van der Waals surface area contributed by atoms with Gasteiger partial charge in [0.15, 0.2) is 0 Å². The number of aromatic nitrogens is 1. The van der Waals surface area contributed by atoms with E-state index in [1.54, 1.807) is 0 Å². The van der Waals surface area contributed by atoms with E-state index >= 15 is 0 Å². The van der Waals surface area contributed by atoms with Crippen LogP contribution in [0.25, 0.3) is 0 Å². The maximum atomic E-state index is 11.5. The molecule has 1 aromatic rings. The Hall–Kier alpha value is -1.19. The van der Waals surface area contributed by atoms with E-state index in [1.807, 2.05) is 0 Å². The van der Waals surface area contributed by atoms with Crippen LogP contribution in [0.3, 0.4) is 0 Å². The summed E-state index contributed by atoms with van der Waals surface area (Å²) >= 11 is 11.3. The molecule has 14 heavy (non-hydrogen) atoms. The number of fused-ring (bicyclic) bond motifs is 1. The fraction of sp³-hybridized carbons (Fsp3) is 0. The third-order valence-electron chi connectivity index (χ3n) is 1.84. The van der Waals surface area contributed by atoms with E-state index in [-0.39, 0.29) is 21.3 Å². The standard InChI is InChI=1S/C9H3Cl2NO2/c10-4-1-2-12-8-6(13)3-5(11)9(14)7(4)8/h1-3H. The fourth-order valence-corrected chi connectivity index (χ4v) is 1.63. The summed E-state index contributed by atoms with van der Waals surface area (Å²) in [5.41, 5.74) is 0.151. The molecule has 3 nitrogen and oxygen atoms in total. The number of carbonyl (C=O) groups excluding carboxylic acids is 2. The molecule has 0 N–H and O–H groups in total. The molecule has 0 bridgehead atoms. The molecule has 0 atom stereocenters. The van der Waals surface area contributed by atoms with E-state index in [4.69, 9.17) is 23.2 Å². The lowest BCUT2D eigenvalue weighted by atomic mass is 10.00. The molecule has 0 unspecified atom stereocenters. The molecule has 1 heterocycles. The maximum absolute atomic E-state index is 11.5. The fourth-order valence-electron chi connectivity index (χ4n) is 1.21. The van der Waals surface area contributed by atoms with Crippen LogP contribution >= 0.6 is 23.2 Å². The average Bonchev–Trinajstić information content (AvgIpc) is 2.14. The van der Waals surface area contributed by atoms with Gasteiger partial charge < -0.3 is 0 Å². The first kappa shape index (κ1) is 9.37. The summed E-state index contributed by atoms with van der Waals surface area (Å²) in [5, 5.41) is 0.0667. The van der Waals surface area contributed by atoms with Crippen molar-refractivity contribution >= 4 is 34.8 Å². The number of allylic oxidation sites excluding steroid dienone is 2. The lowest BCUT2D eigenvalue weighted by Gasteiger charge is -2.10. The second-order valence-electron chi connectivity index (χ2n) is 2.70. The molecule has 0 amide bonds. The van der Waals surface area contributed by atoms with Crippen LogP contribution in [0.15, 0.2) is 23.4 Å². The Bertz CT molecular complexity index is 480. The van der Waals surface area contributed by atoms with Crippen molar-refractivity contribution in [3.63, 3.8) is 0 Å². The average molecular weight is 228 g/mol. The van der Waals surface area contributed by atoms with E-state index in [0.717, 1.165) is 6.08 Å². The van der Waals surface area contributed by atoms with Gasteiger partial charge in [0, 0.05) is 12.3 Å². The van der Waals surface area contributed by atoms with Gasteiger partial charge in [-0.25, -0.2) is 0 Å². The maximum Gasteiger partial charge on any atom is 0.208 e. The van der Waals surface area contributed by atoms with Gasteiger partial charge in [0.2, 0.25) is 11.6 Å². The van der Waals surface area contributed by atoms with Crippen LogP contribution in [0.4, 0.5) is 0 Å². The van der Waals surface area contributed by atoms with E-state index in [9.17, 15) is 9.59 Å². The second-order valence-corrected chi connectivity index (χ2v) is 3.52. The third kappa shape index (κ3) is 1.25. The minimum Gasteiger partial charge on any atom is -0.287 e. The van der Waals surface area contributed by atoms with Gasteiger partial charge in [0.25, 0.3) is 0 Å². The Balaban J connectivity index is 2.76. The molecular formula is C9H3Cl2NO2. The molecule has 0 aliphatic heterocycles. The molecule has 0 aromatic carbocycles. The summed E-state index contributed by atoms with van der Waals surface area (Å²) in [6.07, 6.45) is 2.43. The molecule has 1 aliphatic rings. The predicted molar refractivity (Wildman–Crippen MR) is 51.8 cm³/mol. The smallest absolute Gasteiger partial charge is 0.208 e. The first-order valence-electron chi connectivity index (χ1n) is 3.72. The number of ketones is 2. The van der Waals surface area contributed by atoms with Crippen molar-refractivity contribution in [3.05, 3.63) is 39.7 Å². The number of nitrogens with zero attached hydrogens (tertiary/aromatic N) is 1. The van der Waals surface area contributed by atoms with Gasteiger partial charge in [-0.05, 0) is 6.07 Å². The van der Waals surface area contributed by atoms with Crippen molar-refractivity contribution in [3.8, 4) is 0 Å². The van der Waals surface area contributed by atoms with E-state index in [0.29, 0.717) is 0 Å². The molecule has 0 spiro atoms. The van der Waals surface area contributed by atoms with Crippen molar-refractivity contribution in [1.82, 2.24) is 4.98 Å². The topological polar surface area (TPSA) is 47.0 Å². The zero-order chi connectivity index (χ0) is 10.3. The van der Waals surface area contributed by atoms with Gasteiger partial charge in [-0.3, -0.25) is 14.6 Å². The monoisotopic (exact) mass is 227 g/mol. The molecule has 2 rings (SSSR count). The Morgan fingerprint density at radius 3 is 2.64 bits per heavy atom. The zero-order valence-electron chi connectivity index (χ0n) is 6.75. The van der Waals surface area contributed by atoms with Crippen molar-refractivity contribution in [2.24, 2.45) is 0 Å². The van der Waals surface area contributed by atoms with Crippen LogP contribution in [0.5, 0.6) is 0 Å². The number of pyridine rings is 1. The summed E-state index contributed by atoms with van der Waals surface area (Å²) in [6.45, 7) is 0. The summed E-state index contributed by atoms with van der Waals surface area (Å²) in [7, 11) is 0. The van der Waals surface area contributed by atoms with E-state index in [1.165, 1.54) is 12.3 Å². The first-order chi connectivity index (χ1) is 6.61. The van der Waals surface area contributed by atoms with Crippen LogP contribution in [-0.2, 0) is 0 Å². The molecule has 0 fully saturated rings. The van der Waals surface area contributed by atoms with Crippen LogP contribution in [0.1, 0.15) is 20.8 Å². The summed E-state index contributed by atoms with van der Waals surface area (Å²) in [5.74, 6) is -0.855. The predicted octanol–water partition coefficient (Wildman–Crippen LogP) is 2.24. The van der Waals surface area contributed by atoms with Crippen molar-refractivity contribution in [2.45, 2.75) is 0 Å². The lowest BCUT2D eigenvalue weighted by molar-refractivity contribution is 0.0987. The molecule has 0 saturated heterocycles. The van der Waals surface area contributed by atoms with Crippen molar-refractivity contribution < 1.29 is 9.59 Å². The SMILES string of the molecule is O=C1C=C(Cl)C(=O)c2c(Cl)ccnc21. The van der Waals surface area contributed by atoms with Gasteiger partial charge >= 0.3 is 0 Å². The molecule has 1 aliphatic carbocycles. The Labute approximate surface area is 89.3 Å². The van der Waals surface area contributed by atoms with Gasteiger partial charge in [-0.15, -0.1) is 0 Å². The second kappa shape index (κ2) is 3.19. The summed E-state index contributed by atoms with van der Waals surface area (Å²) in [6, 6.07) is 1.45. The number of hydrogen-bond donors (Lipinski definition) is 0. The highest BCUT2D eigenvalue weighted by Gasteiger charge is 2.27. The summed E-state index contributed by atoms with van der Waals surface area (Å²) < 4.78 is 0. The quantitative estimate of drug-likeness (QED) is 0.683. The molecule has 0 saturated carbocycles. The normalized spacial score (nSPS) is 15.1. The Kier molecular flexibility index (Phi) is 2.13. The number of rotatable bonds is 0. The van der Waals surface area contributed by atoms with E-state index < -0.39 is 11.6 Å². The molecule has 70 valence electrons. The number of halogens is 2. The van der Waals surface area contributed by atoms with Crippen LogP contribution < -0.4 is 0 Å². The Morgan fingerprint density at radius 1 is 1.21 bits per heavy atom. The number of carbonyl (C=O) groups is 2. The van der Waals surface area contributed by atoms with Crippen LogP contribution in [-0.4, -0.2) is 16.6 Å². The highest BCUT2D eigenvalue weighted by Crippen LogP contribution is 2.27. The van der Waals surface area contributed by atoms with Gasteiger partial charge in [-0.1, -0.05) is 23.2 Å². The largest absolute Gasteiger partial charge is 0.287 e. The van der Waals surface area contributed by atoms with Gasteiger partial charge in [0.05, 0.1) is 15.6 Å². The number of Topliss-reactive ketones (excluding diaryl/α,β-unsaturated/α-hetero) is 1. The highest BCUT2D eigenvalue weighted by molar-refractivity contribution is 6.50. The third-order valence-corrected chi connectivity index (χ3v) is 2.43. The van der Waals surface area contributed by atoms with Crippen molar-refractivity contribution in [2.75, 3.05) is 0 Å². The minimum atomic E-state index is -0.459. The molecule has 5 heteroatoms. The van der Waals surface area contributed by atoms with Crippen LogP contribution in [0, 0.1) is 0 Å². The van der Waals surface area contributed by atoms with Crippen molar-refractivity contribution in [1.29, 1.82) is 0 Å². The van der Waals surface area contributed by atoms with Gasteiger partial charge in [-0.2, -0.15) is 0 Å². The summed E-state index contributed by atoms with van der Waals surface area (Å²) in [4.78, 5) is 26.7. The van der Waals surface area contributed by atoms with E-state index in [2.05, 4.69) is 4.98 Å². The molecule has 0 radical (unpaired) electrons. The van der Waals surface area contributed by atoms with Crippen LogP contribution in [0.2, 0.25) is 5.02 Å². The molecule has 1 aromatic heterocycles. The lowest BCUT2D eigenvalue weighted by Crippen LogP contribution is -2.16.